The molecule has 2 amide bonds. The van der Waals surface area contributed by atoms with Crippen LogP contribution in [0.3, 0.4) is 0 Å². The van der Waals surface area contributed by atoms with Gasteiger partial charge in [-0.15, -0.1) is 0 Å². The van der Waals surface area contributed by atoms with Crippen LogP contribution in [0, 0.1) is 20.8 Å². The van der Waals surface area contributed by atoms with Gasteiger partial charge in [-0.25, -0.2) is 8.42 Å². The van der Waals surface area contributed by atoms with Crippen molar-refractivity contribution in [3.8, 4) is 0 Å². The maximum atomic E-state index is 14.1. The number of aryl methyl sites for hydroxylation is 3. The van der Waals surface area contributed by atoms with Gasteiger partial charge in [0, 0.05) is 28.2 Å². The zero-order valence-electron chi connectivity index (χ0n) is 24.2. The number of hydrogen-bond acceptors (Lipinski definition) is 4. The predicted molar refractivity (Wildman–Crippen MR) is 166 cm³/mol. The molecule has 0 heterocycles. The minimum atomic E-state index is -4.15. The van der Waals surface area contributed by atoms with E-state index in [0.29, 0.717) is 27.7 Å². The lowest BCUT2D eigenvalue weighted by molar-refractivity contribution is -0.139. The van der Waals surface area contributed by atoms with Gasteiger partial charge in [0.15, 0.2) is 0 Å². The molecule has 0 fully saturated rings. The van der Waals surface area contributed by atoms with Gasteiger partial charge in [-0.3, -0.25) is 13.9 Å². The summed E-state index contributed by atoms with van der Waals surface area (Å²) in [5.74, 6) is -0.947. The maximum Gasteiger partial charge on any atom is 0.264 e. The molecule has 10 heteroatoms. The second-order valence-electron chi connectivity index (χ2n) is 10.3. The van der Waals surface area contributed by atoms with Crippen LogP contribution in [-0.4, -0.2) is 43.8 Å². The largest absolute Gasteiger partial charge is 0.352 e. The van der Waals surface area contributed by atoms with Crippen molar-refractivity contribution in [1.29, 1.82) is 0 Å². The first kappa shape index (κ1) is 32.4. The highest BCUT2D eigenvalue weighted by atomic mass is 35.5. The fraction of sp³-hybridized carbons (Fsp3) is 0.355. The van der Waals surface area contributed by atoms with Crippen LogP contribution in [0.1, 0.15) is 49.4 Å². The van der Waals surface area contributed by atoms with Gasteiger partial charge >= 0.3 is 0 Å². The Morgan fingerprint density at radius 1 is 0.902 bits per heavy atom. The Bertz CT molecular complexity index is 1490. The molecule has 0 radical (unpaired) electrons. The highest BCUT2D eigenvalue weighted by molar-refractivity contribution is 7.92. The molecule has 2 unspecified atom stereocenters. The lowest BCUT2D eigenvalue weighted by Gasteiger charge is -2.33. The Hall–Kier alpha value is -3.07. The van der Waals surface area contributed by atoms with Gasteiger partial charge in [0.05, 0.1) is 10.6 Å². The van der Waals surface area contributed by atoms with Crippen LogP contribution in [0.5, 0.6) is 0 Å². The van der Waals surface area contributed by atoms with E-state index in [9.17, 15) is 18.0 Å². The molecule has 0 spiro atoms. The molecule has 1 N–H and O–H groups in total. The molecule has 0 aliphatic carbocycles. The van der Waals surface area contributed by atoms with Gasteiger partial charge < -0.3 is 10.2 Å². The molecule has 3 rings (SSSR count). The Kier molecular flexibility index (Phi) is 10.9. The van der Waals surface area contributed by atoms with E-state index in [1.54, 1.807) is 49.4 Å². The molecule has 3 aromatic carbocycles. The Balaban J connectivity index is 2.09. The number of anilines is 1. The fourth-order valence-electron chi connectivity index (χ4n) is 4.15. The highest BCUT2D eigenvalue weighted by Crippen LogP contribution is 2.29. The molecule has 0 aromatic heterocycles. The molecule has 0 saturated heterocycles. The third kappa shape index (κ3) is 7.82. The molecule has 2 atom stereocenters. The third-order valence-electron chi connectivity index (χ3n) is 7.22. The summed E-state index contributed by atoms with van der Waals surface area (Å²) < 4.78 is 29.1. The molecule has 3 aromatic rings. The van der Waals surface area contributed by atoms with E-state index in [1.165, 1.54) is 17.0 Å². The number of carbonyl (C=O) groups excluding carboxylic acids is 2. The van der Waals surface area contributed by atoms with Crippen LogP contribution in [-0.2, 0) is 26.2 Å². The van der Waals surface area contributed by atoms with E-state index in [-0.39, 0.29) is 23.4 Å². The highest BCUT2D eigenvalue weighted by Gasteiger charge is 2.33. The molecular formula is C31H37Cl2N3O4S. The summed E-state index contributed by atoms with van der Waals surface area (Å²) in [4.78, 5) is 28.7. The lowest BCUT2D eigenvalue weighted by Crippen LogP contribution is -2.52. The van der Waals surface area contributed by atoms with Gasteiger partial charge in [-0.05, 0) is 88.6 Å². The summed E-state index contributed by atoms with van der Waals surface area (Å²) in [6.07, 6.45) is 0.706. The van der Waals surface area contributed by atoms with E-state index in [1.807, 2.05) is 40.7 Å². The number of benzene rings is 3. The van der Waals surface area contributed by atoms with Crippen LogP contribution in [0.15, 0.2) is 65.6 Å². The summed E-state index contributed by atoms with van der Waals surface area (Å²) in [5, 5.41) is 3.58. The maximum absolute atomic E-state index is 14.1. The molecular weight excluding hydrogens is 581 g/mol. The van der Waals surface area contributed by atoms with Crippen molar-refractivity contribution < 1.29 is 18.0 Å². The number of rotatable bonds is 11. The van der Waals surface area contributed by atoms with Crippen molar-refractivity contribution in [3.63, 3.8) is 0 Å². The van der Waals surface area contributed by atoms with Crippen LogP contribution in [0.2, 0.25) is 10.0 Å². The predicted octanol–water partition coefficient (Wildman–Crippen LogP) is 6.45. The smallest absolute Gasteiger partial charge is 0.264 e. The molecule has 0 saturated carbocycles. The Morgan fingerprint density at radius 2 is 1.51 bits per heavy atom. The van der Waals surface area contributed by atoms with Gasteiger partial charge in [0.2, 0.25) is 11.8 Å². The number of sulfonamides is 1. The molecule has 41 heavy (non-hydrogen) atoms. The molecule has 0 bridgehead atoms. The van der Waals surface area contributed by atoms with Gasteiger partial charge in [-0.2, -0.15) is 0 Å². The van der Waals surface area contributed by atoms with Gasteiger partial charge in [0.25, 0.3) is 10.0 Å². The first-order valence-corrected chi connectivity index (χ1v) is 15.6. The number of nitrogens with one attached hydrogen (secondary N) is 1. The van der Waals surface area contributed by atoms with Crippen LogP contribution >= 0.6 is 23.2 Å². The first-order chi connectivity index (χ1) is 19.3. The number of carbonyl (C=O) groups is 2. The van der Waals surface area contributed by atoms with Crippen LogP contribution < -0.4 is 9.62 Å². The van der Waals surface area contributed by atoms with Crippen LogP contribution in [0.4, 0.5) is 5.69 Å². The summed E-state index contributed by atoms with van der Waals surface area (Å²) in [7, 11) is -4.15. The van der Waals surface area contributed by atoms with Crippen molar-refractivity contribution in [2.24, 2.45) is 0 Å². The fourth-order valence-corrected chi connectivity index (χ4v) is 6.07. The van der Waals surface area contributed by atoms with Crippen LogP contribution in [0.25, 0.3) is 0 Å². The monoisotopic (exact) mass is 617 g/mol. The van der Waals surface area contributed by atoms with Crippen molar-refractivity contribution in [3.05, 3.63) is 93.0 Å². The number of nitrogens with zero attached hydrogens (tertiary/aromatic N) is 2. The Morgan fingerprint density at radius 3 is 2.07 bits per heavy atom. The van der Waals surface area contributed by atoms with Gasteiger partial charge in [0.1, 0.15) is 12.6 Å². The SMILES string of the molecule is CCC(C)NC(=O)C(C)N(Cc1c(Cl)cccc1Cl)C(=O)CN(c1ccc(C)c(C)c1)S(=O)(=O)c1ccc(C)cc1. The normalized spacial score (nSPS) is 12.9. The summed E-state index contributed by atoms with van der Waals surface area (Å²) in [6, 6.07) is 15.6. The van der Waals surface area contributed by atoms with Crippen molar-refractivity contribution >= 4 is 50.7 Å². The standard InChI is InChI=1S/C31H37Cl2N3O4S/c1-7-23(5)34-31(38)24(6)35(18-27-28(32)9-8-10-29(27)33)30(37)19-36(25-14-13-21(3)22(4)17-25)41(39,40)26-15-11-20(2)12-16-26/h8-17,23-24H,7,18-19H2,1-6H3,(H,34,38). The molecule has 0 aliphatic heterocycles. The van der Waals surface area contributed by atoms with Crippen molar-refractivity contribution in [1.82, 2.24) is 10.2 Å². The van der Waals surface area contributed by atoms with Gasteiger partial charge in [-0.1, -0.05) is 60.0 Å². The second-order valence-corrected chi connectivity index (χ2v) is 13.0. The van der Waals surface area contributed by atoms with E-state index in [4.69, 9.17) is 23.2 Å². The number of halogens is 2. The first-order valence-electron chi connectivity index (χ1n) is 13.5. The topological polar surface area (TPSA) is 86.8 Å². The molecule has 0 aliphatic rings. The number of hydrogen-bond donors (Lipinski definition) is 1. The van der Waals surface area contributed by atoms with Crippen molar-refractivity contribution in [2.45, 2.75) is 71.5 Å². The quantitative estimate of drug-likeness (QED) is 0.268. The molecule has 220 valence electrons. The van der Waals surface area contributed by atoms with E-state index in [0.717, 1.165) is 21.0 Å². The summed E-state index contributed by atoms with van der Waals surface area (Å²) >= 11 is 12.9. The number of amides is 2. The lowest BCUT2D eigenvalue weighted by atomic mass is 10.1. The zero-order chi connectivity index (χ0) is 30.5. The minimum absolute atomic E-state index is 0.0531. The Labute approximate surface area is 253 Å². The molecule has 7 nitrogen and oxygen atoms in total. The second kappa shape index (κ2) is 13.7. The average molecular weight is 619 g/mol. The third-order valence-corrected chi connectivity index (χ3v) is 9.72. The van der Waals surface area contributed by atoms with Crippen molar-refractivity contribution in [2.75, 3.05) is 10.8 Å². The minimum Gasteiger partial charge on any atom is -0.352 e. The summed E-state index contributed by atoms with van der Waals surface area (Å²) in [6.45, 7) is 10.5. The zero-order valence-corrected chi connectivity index (χ0v) is 26.6. The van der Waals surface area contributed by atoms with E-state index in [2.05, 4.69) is 5.32 Å². The summed E-state index contributed by atoms with van der Waals surface area (Å²) in [5.41, 5.74) is 3.57. The van der Waals surface area contributed by atoms with E-state index < -0.39 is 28.5 Å². The average Bonchev–Trinajstić information content (AvgIpc) is 2.92. The van der Waals surface area contributed by atoms with E-state index >= 15 is 0 Å².